The first-order chi connectivity index (χ1) is 9.54. The van der Waals surface area contributed by atoms with Crippen molar-refractivity contribution in [3.63, 3.8) is 0 Å². The molecular weight excluding hydrogens is 287 g/mol. The minimum absolute atomic E-state index is 0.0721. The van der Waals surface area contributed by atoms with Crippen LogP contribution >= 0.6 is 0 Å². The SMILES string of the molecule is CC(C)Oc1ccc(N(N)C(=O)N(C)C)cc1C(F)(F)F. The standard InChI is InChI=1S/C13H18F3N3O2/c1-8(2)21-11-6-5-9(7-10(11)13(14,15)16)19(17)12(20)18(3)4/h5-8H,17H2,1-4H3. The van der Waals surface area contributed by atoms with Gasteiger partial charge in [-0.3, -0.25) is 0 Å². The van der Waals surface area contributed by atoms with Gasteiger partial charge in [-0.1, -0.05) is 0 Å². The number of anilines is 1. The molecule has 118 valence electrons. The number of alkyl halides is 3. The minimum Gasteiger partial charge on any atom is -0.490 e. The van der Waals surface area contributed by atoms with Crippen LogP contribution in [0.15, 0.2) is 18.2 Å². The van der Waals surface area contributed by atoms with Crippen LogP contribution in [0.25, 0.3) is 0 Å². The van der Waals surface area contributed by atoms with Crippen molar-refractivity contribution in [2.75, 3.05) is 19.1 Å². The summed E-state index contributed by atoms with van der Waals surface area (Å²) in [5, 5.41) is 0.647. The lowest BCUT2D eigenvalue weighted by atomic mass is 10.1. The summed E-state index contributed by atoms with van der Waals surface area (Å²) < 4.78 is 44.3. The number of rotatable bonds is 3. The molecule has 1 aromatic carbocycles. The maximum atomic E-state index is 13.1. The van der Waals surface area contributed by atoms with E-state index in [1.807, 2.05) is 0 Å². The number of nitrogens with zero attached hydrogens (tertiary/aromatic N) is 2. The normalized spacial score (nSPS) is 11.5. The number of benzene rings is 1. The molecule has 0 atom stereocenters. The lowest BCUT2D eigenvalue weighted by Crippen LogP contribution is -2.44. The molecule has 0 saturated heterocycles. The number of hydrogen-bond acceptors (Lipinski definition) is 3. The van der Waals surface area contributed by atoms with Gasteiger partial charge in [0.05, 0.1) is 17.4 Å². The quantitative estimate of drug-likeness (QED) is 0.531. The van der Waals surface area contributed by atoms with Gasteiger partial charge in [-0.05, 0) is 32.0 Å². The van der Waals surface area contributed by atoms with Crippen molar-refractivity contribution in [1.29, 1.82) is 0 Å². The van der Waals surface area contributed by atoms with Crippen LogP contribution in [-0.2, 0) is 6.18 Å². The van der Waals surface area contributed by atoms with Crippen LogP contribution in [0.4, 0.5) is 23.7 Å². The number of carbonyl (C=O) groups excluding carboxylic acids is 1. The van der Waals surface area contributed by atoms with Gasteiger partial charge in [0.15, 0.2) is 0 Å². The van der Waals surface area contributed by atoms with E-state index in [-0.39, 0.29) is 11.4 Å². The second-order valence-electron chi connectivity index (χ2n) is 4.89. The number of hydrazine groups is 1. The van der Waals surface area contributed by atoms with Gasteiger partial charge in [-0.25, -0.2) is 15.6 Å². The lowest BCUT2D eigenvalue weighted by molar-refractivity contribution is -0.139. The van der Waals surface area contributed by atoms with E-state index in [0.29, 0.717) is 5.01 Å². The monoisotopic (exact) mass is 305 g/mol. The molecule has 1 aromatic rings. The number of carbonyl (C=O) groups is 1. The van der Waals surface area contributed by atoms with E-state index in [4.69, 9.17) is 10.6 Å². The molecule has 0 aliphatic carbocycles. The van der Waals surface area contributed by atoms with Crippen LogP contribution in [0.1, 0.15) is 19.4 Å². The Labute approximate surface area is 121 Å². The molecule has 0 bridgehead atoms. The van der Waals surface area contributed by atoms with E-state index in [1.54, 1.807) is 13.8 Å². The molecule has 0 fully saturated rings. The predicted molar refractivity (Wildman–Crippen MR) is 73.0 cm³/mol. The van der Waals surface area contributed by atoms with Crippen LogP contribution in [0, 0.1) is 0 Å². The predicted octanol–water partition coefficient (Wildman–Crippen LogP) is 2.85. The summed E-state index contributed by atoms with van der Waals surface area (Å²) >= 11 is 0. The number of hydrogen-bond donors (Lipinski definition) is 1. The molecule has 1 rings (SSSR count). The van der Waals surface area contributed by atoms with Crippen LogP contribution in [-0.4, -0.2) is 31.1 Å². The van der Waals surface area contributed by atoms with Gasteiger partial charge in [0.25, 0.3) is 0 Å². The van der Waals surface area contributed by atoms with Crippen LogP contribution in [0.3, 0.4) is 0 Å². The number of halogens is 3. The van der Waals surface area contributed by atoms with Crippen molar-refractivity contribution in [2.45, 2.75) is 26.1 Å². The fourth-order valence-electron chi connectivity index (χ4n) is 1.57. The number of ether oxygens (including phenoxy) is 1. The zero-order valence-electron chi connectivity index (χ0n) is 12.2. The summed E-state index contributed by atoms with van der Waals surface area (Å²) in [6, 6.07) is 2.61. The zero-order valence-corrected chi connectivity index (χ0v) is 12.2. The van der Waals surface area contributed by atoms with Gasteiger partial charge in [0.1, 0.15) is 5.75 Å². The zero-order chi connectivity index (χ0) is 16.4. The van der Waals surface area contributed by atoms with Crippen molar-refractivity contribution in [3.8, 4) is 5.75 Å². The first-order valence-electron chi connectivity index (χ1n) is 6.18. The van der Waals surface area contributed by atoms with Gasteiger partial charge in [0.2, 0.25) is 0 Å². The van der Waals surface area contributed by atoms with Gasteiger partial charge in [-0.2, -0.15) is 13.2 Å². The van der Waals surface area contributed by atoms with Gasteiger partial charge in [0, 0.05) is 14.1 Å². The average Bonchev–Trinajstić information content (AvgIpc) is 2.35. The van der Waals surface area contributed by atoms with E-state index in [1.165, 1.54) is 20.2 Å². The van der Waals surface area contributed by atoms with Crippen LogP contribution < -0.4 is 15.6 Å². The largest absolute Gasteiger partial charge is 0.490 e. The van der Waals surface area contributed by atoms with E-state index >= 15 is 0 Å². The molecule has 0 spiro atoms. The molecule has 0 unspecified atom stereocenters. The van der Waals surface area contributed by atoms with Gasteiger partial charge >= 0.3 is 12.2 Å². The average molecular weight is 305 g/mol. The summed E-state index contributed by atoms with van der Waals surface area (Å²) in [4.78, 5) is 12.8. The minimum atomic E-state index is -4.61. The Kier molecular flexibility index (Phi) is 5.06. The van der Waals surface area contributed by atoms with Crippen molar-refractivity contribution in [2.24, 2.45) is 5.84 Å². The van der Waals surface area contributed by atoms with Crippen LogP contribution in [0.5, 0.6) is 5.75 Å². The van der Waals surface area contributed by atoms with Crippen molar-refractivity contribution in [1.82, 2.24) is 4.90 Å². The van der Waals surface area contributed by atoms with Crippen LogP contribution in [0.2, 0.25) is 0 Å². The molecule has 21 heavy (non-hydrogen) atoms. The highest BCUT2D eigenvalue weighted by Crippen LogP contribution is 2.38. The first kappa shape index (κ1) is 17.1. The molecule has 0 aliphatic rings. The maximum absolute atomic E-state index is 13.1. The number of amides is 2. The maximum Gasteiger partial charge on any atom is 0.420 e. The first-order valence-corrected chi connectivity index (χ1v) is 6.18. The molecule has 0 aromatic heterocycles. The van der Waals surface area contributed by atoms with E-state index < -0.39 is 23.9 Å². The molecule has 8 heteroatoms. The summed E-state index contributed by atoms with van der Waals surface area (Å²) in [5.74, 6) is 5.24. The summed E-state index contributed by atoms with van der Waals surface area (Å²) in [7, 11) is 2.90. The summed E-state index contributed by atoms with van der Waals surface area (Å²) in [6.45, 7) is 3.25. The van der Waals surface area contributed by atoms with Crippen molar-refractivity contribution < 1.29 is 22.7 Å². The summed E-state index contributed by atoms with van der Waals surface area (Å²) in [5.41, 5.74) is -1.05. The van der Waals surface area contributed by atoms with E-state index in [0.717, 1.165) is 17.0 Å². The Morgan fingerprint density at radius 3 is 2.29 bits per heavy atom. The molecule has 2 amide bonds. The topological polar surface area (TPSA) is 58.8 Å². The molecule has 0 radical (unpaired) electrons. The Bertz CT molecular complexity index is 516. The molecule has 0 saturated carbocycles. The molecule has 5 nitrogen and oxygen atoms in total. The Morgan fingerprint density at radius 2 is 1.86 bits per heavy atom. The highest BCUT2D eigenvalue weighted by atomic mass is 19.4. The van der Waals surface area contributed by atoms with Crippen molar-refractivity contribution >= 4 is 11.7 Å². The third-order valence-corrected chi connectivity index (χ3v) is 2.50. The fraction of sp³-hybridized carbons (Fsp3) is 0.462. The smallest absolute Gasteiger partial charge is 0.420 e. The molecular formula is C13H18F3N3O2. The fourth-order valence-corrected chi connectivity index (χ4v) is 1.57. The number of urea groups is 1. The Balaban J connectivity index is 3.25. The molecule has 0 aliphatic heterocycles. The second-order valence-corrected chi connectivity index (χ2v) is 4.89. The third kappa shape index (κ3) is 4.25. The summed E-state index contributed by atoms with van der Waals surface area (Å²) in [6.07, 6.45) is -5.02. The van der Waals surface area contributed by atoms with E-state index in [2.05, 4.69) is 0 Å². The lowest BCUT2D eigenvalue weighted by Gasteiger charge is -2.23. The Hall–Kier alpha value is -1.96. The van der Waals surface area contributed by atoms with Crippen molar-refractivity contribution in [3.05, 3.63) is 23.8 Å². The molecule has 0 heterocycles. The highest BCUT2D eigenvalue weighted by molar-refractivity contribution is 5.90. The highest BCUT2D eigenvalue weighted by Gasteiger charge is 2.35. The van der Waals surface area contributed by atoms with E-state index in [9.17, 15) is 18.0 Å². The number of nitrogens with two attached hydrogens (primary N) is 1. The second kappa shape index (κ2) is 6.21. The third-order valence-electron chi connectivity index (χ3n) is 2.50. The Morgan fingerprint density at radius 1 is 1.29 bits per heavy atom. The van der Waals surface area contributed by atoms with Gasteiger partial charge < -0.3 is 9.64 Å². The molecule has 2 N–H and O–H groups in total. The van der Waals surface area contributed by atoms with Gasteiger partial charge in [-0.15, -0.1) is 0 Å².